The molecule has 1 atom stereocenters. The predicted molar refractivity (Wildman–Crippen MR) is 103 cm³/mol. The van der Waals surface area contributed by atoms with E-state index in [1.807, 2.05) is 13.8 Å². The zero-order valence-electron chi connectivity index (χ0n) is 15.9. The molecule has 0 aliphatic carbocycles. The molecule has 0 saturated carbocycles. The first-order chi connectivity index (χ1) is 13.3. The molecule has 1 heterocycles. The molecule has 0 fully saturated rings. The highest BCUT2D eigenvalue weighted by molar-refractivity contribution is 6.33. The zero-order chi connectivity index (χ0) is 20.7. The van der Waals surface area contributed by atoms with Crippen molar-refractivity contribution in [2.24, 2.45) is 5.92 Å². The maximum atomic E-state index is 12.1. The fourth-order valence-corrected chi connectivity index (χ4v) is 2.75. The number of ether oxygens (including phenoxy) is 2. The molecule has 28 heavy (non-hydrogen) atoms. The van der Waals surface area contributed by atoms with Gasteiger partial charge in [0, 0.05) is 5.56 Å². The standard InChI is InChI=1S/C20H22ClNO6/c1-12(2)10-15(19(24)26-3)22-18(23)11-27-20(25)17-9-8-16(28-17)13-6-4-5-7-14(13)21/h4-9,12,15H,10-11H2,1-3H3,(H,22,23). The van der Waals surface area contributed by atoms with Crippen LogP contribution in [0, 0.1) is 5.92 Å². The Bertz CT molecular complexity index is 845. The molecule has 0 spiro atoms. The van der Waals surface area contributed by atoms with E-state index in [0.717, 1.165) is 0 Å². The quantitative estimate of drug-likeness (QED) is 0.673. The minimum atomic E-state index is -0.799. The van der Waals surface area contributed by atoms with Gasteiger partial charge in [0.15, 0.2) is 6.61 Å². The van der Waals surface area contributed by atoms with Crippen LogP contribution in [0.3, 0.4) is 0 Å². The minimum Gasteiger partial charge on any atom is -0.467 e. The summed E-state index contributed by atoms with van der Waals surface area (Å²) < 4.78 is 15.1. The van der Waals surface area contributed by atoms with Crippen molar-refractivity contribution in [2.45, 2.75) is 26.3 Å². The number of carbonyl (C=O) groups is 3. The van der Waals surface area contributed by atoms with E-state index in [2.05, 4.69) is 10.1 Å². The van der Waals surface area contributed by atoms with Crippen molar-refractivity contribution in [3.63, 3.8) is 0 Å². The van der Waals surface area contributed by atoms with Crippen LogP contribution in [0.5, 0.6) is 0 Å². The van der Waals surface area contributed by atoms with Crippen LogP contribution in [0.15, 0.2) is 40.8 Å². The third-order valence-electron chi connectivity index (χ3n) is 3.81. The summed E-state index contributed by atoms with van der Waals surface area (Å²) >= 11 is 6.11. The molecule has 1 aromatic carbocycles. The number of nitrogens with one attached hydrogen (secondary N) is 1. The van der Waals surface area contributed by atoms with Gasteiger partial charge in [-0.15, -0.1) is 0 Å². The van der Waals surface area contributed by atoms with Gasteiger partial charge in [-0.2, -0.15) is 0 Å². The molecule has 0 saturated heterocycles. The topological polar surface area (TPSA) is 94.8 Å². The lowest BCUT2D eigenvalue weighted by molar-refractivity contribution is -0.145. The molecule has 8 heteroatoms. The lowest BCUT2D eigenvalue weighted by Crippen LogP contribution is -2.44. The molecule has 0 aliphatic rings. The van der Waals surface area contributed by atoms with Crippen LogP contribution in [0.25, 0.3) is 11.3 Å². The summed E-state index contributed by atoms with van der Waals surface area (Å²) in [6.45, 7) is 3.28. The predicted octanol–water partition coefficient (Wildman–Crippen LogP) is 3.46. The summed E-state index contributed by atoms with van der Waals surface area (Å²) in [7, 11) is 1.25. The third-order valence-corrected chi connectivity index (χ3v) is 4.14. The molecule has 1 unspecified atom stereocenters. The van der Waals surface area contributed by atoms with Gasteiger partial charge in [0.2, 0.25) is 5.76 Å². The molecule has 1 amide bonds. The van der Waals surface area contributed by atoms with Gasteiger partial charge in [-0.1, -0.05) is 37.6 Å². The highest BCUT2D eigenvalue weighted by Gasteiger charge is 2.23. The minimum absolute atomic E-state index is 0.0607. The molecule has 0 bridgehead atoms. The van der Waals surface area contributed by atoms with Gasteiger partial charge in [-0.25, -0.2) is 9.59 Å². The van der Waals surface area contributed by atoms with Gasteiger partial charge < -0.3 is 19.2 Å². The molecule has 0 aliphatic heterocycles. The highest BCUT2D eigenvalue weighted by atomic mass is 35.5. The highest BCUT2D eigenvalue weighted by Crippen LogP contribution is 2.29. The Kier molecular flexibility index (Phi) is 7.63. The maximum Gasteiger partial charge on any atom is 0.374 e. The molecule has 7 nitrogen and oxygen atoms in total. The number of hydrogen-bond donors (Lipinski definition) is 1. The largest absolute Gasteiger partial charge is 0.467 e. The first kappa shape index (κ1) is 21.5. The smallest absolute Gasteiger partial charge is 0.374 e. The molecule has 2 rings (SSSR count). The van der Waals surface area contributed by atoms with Crippen molar-refractivity contribution in [3.8, 4) is 11.3 Å². The SMILES string of the molecule is COC(=O)C(CC(C)C)NC(=O)COC(=O)c1ccc(-c2ccccc2Cl)o1. The molecule has 0 radical (unpaired) electrons. The number of amides is 1. The molecular weight excluding hydrogens is 386 g/mol. The molecule has 1 aromatic heterocycles. The van der Waals surface area contributed by atoms with Crippen LogP contribution in [-0.4, -0.2) is 37.6 Å². The van der Waals surface area contributed by atoms with Crippen molar-refractivity contribution >= 4 is 29.4 Å². The molecule has 1 N–H and O–H groups in total. The Labute approximate surface area is 167 Å². The van der Waals surface area contributed by atoms with E-state index in [4.69, 9.17) is 20.8 Å². The van der Waals surface area contributed by atoms with Crippen LogP contribution < -0.4 is 5.32 Å². The second-order valence-corrected chi connectivity index (χ2v) is 6.90. The van der Waals surface area contributed by atoms with Crippen LogP contribution >= 0.6 is 11.6 Å². The normalized spacial score (nSPS) is 11.8. The van der Waals surface area contributed by atoms with Crippen molar-refractivity contribution in [3.05, 3.63) is 47.2 Å². The van der Waals surface area contributed by atoms with E-state index >= 15 is 0 Å². The van der Waals surface area contributed by atoms with Crippen molar-refractivity contribution < 1.29 is 28.3 Å². The van der Waals surface area contributed by atoms with Crippen LogP contribution in [0.4, 0.5) is 0 Å². The Morgan fingerprint density at radius 1 is 1.14 bits per heavy atom. The summed E-state index contributed by atoms with van der Waals surface area (Å²) in [5.41, 5.74) is 0.635. The van der Waals surface area contributed by atoms with Crippen LogP contribution in [0.2, 0.25) is 5.02 Å². The van der Waals surface area contributed by atoms with Gasteiger partial charge in [0.1, 0.15) is 11.8 Å². The first-order valence-electron chi connectivity index (χ1n) is 8.70. The van der Waals surface area contributed by atoms with Crippen molar-refractivity contribution in [2.75, 3.05) is 13.7 Å². The second kappa shape index (κ2) is 9.94. The number of furan rings is 1. The van der Waals surface area contributed by atoms with Crippen molar-refractivity contribution in [1.82, 2.24) is 5.32 Å². The Morgan fingerprint density at radius 3 is 2.50 bits per heavy atom. The third kappa shape index (κ3) is 5.85. The van der Waals surface area contributed by atoms with Gasteiger partial charge in [-0.3, -0.25) is 4.79 Å². The van der Waals surface area contributed by atoms with E-state index in [0.29, 0.717) is 22.8 Å². The first-order valence-corrected chi connectivity index (χ1v) is 9.08. The summed E-state index contributed by atoms with van der Waals surface area (Å²) in [4.78, 5) is 35.9. The summed E-state index contributed by atoms with van der Waals surface area (Å²) in [6, 6.07) is 9.27. The monoisotopic (exact) mass is 407 g/mol. The van der Waals surface area contributed by atoms with E-state index in [1.54, 1.807) is 30.3 Å². The van der Waals surface area contributed by atoms with E-state index in [-0.39, 0.29) is 11.7 Å². The van der Waals surface area contributed by atoms with Crippen LogP contribution in [0.1, 0.15) is 30.8 Å². The van der Waals surface area contributed by atoms with Gasteiger partial charge in [0.25, 0.3) is 5.91 Å². The number of carbonyl (C=O) groups excluding carboxylic acids is 3. The zero-order valence-corrected chi connectivity index (χ0v) is 16.6. The van der Waals surface area contributed by atoms with E-state index < -0.39 is 30.5 Å². The number of rotatable bonds is 8. The van der Waals surface area contributed by atoms with Gasteiger partial charge >= 0.3 is 11.9 Å². The maximum absolute atomic E-state index is 12.1. The lowest BCUT2D eigenvalue weighted by atomic mass is 10.0. The number of benzene rings is 1. The Hall–Kier alpha value is -2.80. The Morgan fingerprint density at radius 2 is 1.86 bits per heavy atom. The van der Waals surface area contributed by atoms with E-state index in [9.17, 15) is 14.4 Å². The molecule has 150 valence electrons. The number of methoxy groups -OCH3 is 1. The number of esters is 2. The van der Waals surface area contributed by atoms with E-state index in [1.165, 1.54) is 13.2 Å². The summed E-state index contributed by atoms with van der Waals surface area (Å²) in [5, 5.41) is 2.99. The van der Waals surface area contributed by atoms with Crippen molar-refractivity contribution in [1.29, 1.82) is 0 Å². The van der Waals surface area contributed by atoms with Gasteiger partial charge in [-0.05, 0) is 36.6 Å². The number of halogens is 1. The summed E-state index contributed by atoms with van der Waals surface area (Å²) in [6.07, 6.45) is 0.408. The molecule has 2 aromatic rings. The Balaban J connectivity index is 1.94. The van der Waals surface area contributed by atoms with Gasteiger partial charge in [0.05, 0.1) is 12.1 Å². The average molecular weight is 408 g/mol. The fraction of sp³-hybridized carbons (Fsp3) is 0.350. The fourth-order valence-electron chi connectivity index (χ4n) is 2.52. The lowest BCUT2D eigenvalue weighted by Gasteiger charge is -2.18. The molecular formula is C20H22ClNO6. The summed E-state index contributed by atoms with van der Waals surface area (Å²) in [5.74, 6) is -1.45. The average Bonchev–Trinajstić information content (AvgIpc) is 3.15. The second-order valence-electron chi connectivity index (χ2n) is 6.49. The van der Waals surface area contributed by atoms with Crippen LogP contribution in [-0.2, 0) is 19.1 Å². The number of hydrogen-bond acceptors (Lipinski definition) is 6.